The van der Waals surface area contributed by atoms with Gasteiger partial charge in [-0.1, -0.05) is 18.2 Å². The molecule has 0 unspecified atom stereocenters. The minimum Gasteiger partial charge on any atom is -0.399 e. The van der Waals surface area contributed by atoms with Crippen molar-refractivity contribution in [1.29, 1.82) is 0 Å². The Kier molecular flexibility index (Phi) is 4.24. The number of thioether (sulfide) groups is 1. The molecule has 0 aliphatic heterocycles. The fourth-order valence-corrected chi connectivity index (χ4v) is 2.81. The van der Waals surface area contributed by atoms with Crippen LogP contribution in [-0.2, 0) is 6.54 Å². The normalized spacial score (nSPS) is 10.7. The van der Waals surface area contributed by atoms with E-state index in [9.17, 15) is 4.79 Å². The summed E-state index contributed by atoms with van der Waals surface area (Å²) in [5, 5.41) is 7.83. The number of nitrogen functional groups attached to an aromatic ring is 1. The zero-order valence-corrected chi connectivity index (χ0v) is 12.6. The minimum atomic E-state index is -0.251. The lowest BCUT2D eigenvalue weighted by Gasteiger charge is -2.00. The maximum Gasteiger partial charge on any atom is 0.368 e. The third-order valence-corrected chi connectivity index (χ3v) is 4.08. The van der Waals surface area contributed by atoms with Crippen molar-refractivity contribution in [1.82, 2.24) is 19.8 Å². The number of anilines is 1. The molecule has 0 aliphatic carbocycles. The molecule has 0 fully saturated rings. The molecule has 2 aromatic carbocycles. The van der Waals surface area contributed by atoms with Crippen LogP contribution in [0.1, 0.15) is 0 Å². The highest BCUT2D eigenvalue weighted by atomic mass is 32.2. The highest BCUT2D eigenvalue weighted by Crippen LogP contribution is 2.16. The predicted molar refractivity (Wildman–Crippen MR) is 87.2 cm³/mol. The van der Waals surface area contributed by atoms with Crippen LogP contribution in [0.25, 0.3) is 5.69 Å². The van der Waals surface area contributed by atoms with E-state index in [1.54, 1.807) is 36.0 Å². The van der Waals surface area contributed by atoms with E-state index in [1.165, 1.54) is 14.3 Å². The Morgan fingerprint density at radius 3 is 2.45 bits per heavy atom. The molecule has 112 valence electrons. The van der Waals surface area contributed by atoms with Crippen molar-refractivity contribution in [2.75, 3.05) is 11.5 Å². The first-order valence-electron chi connectivity index (χ1n) is 6.80. The fourth-order valence-electron chi connectivity index (χ4n) is 1.96. The van der Waals surface area contributed by atoms with Gasteiger partial charge in [0.25, 0.3) is 0 Å². The number of nitrogens with zero attached hydrogens (tertiary/aromatic N) is 4. The van der Waals surface area contributed by atoms with Gasteiger partial charge in [-0.2, -0.15) is 9.36 Å². The maximum atomic E-state index is 12.3. The minimum absolute atomic E-state index is 0.251. The lowest BCUT2D eigenvalue weighted by molar-refractivity contribution is 0.615. The van der Waals surface area contributed by atoms with E-state index in [-0.39, 0.29) is 5.69 Å². The van der Waals surface area contributed by atoms with E-state index in [4.69, 9.17) is 5.73 Å². The molecule has 0 atom stereocenters. The highest BCUT2D eigenvalue weighted by molar-refractivity contribution is 7.99. The summed E-state index contributed by atoms with van der Waals surface area (Å²) in [6.45, 7) is 0.507. The van der Waals surface area contributed by atoms with Gasteiger partial charge in [-0.05, 0) is 46.8 Å². The molecule has 1 heterocycles. The van der Waals surface area contributed by atoms with Gasteiger partial charge in [0.1, 0.15) is 0 Å². The standard InChI is InChI=1S/C15H15N5OS/c16-12-6-8-13(9-7-12)20-15(21)19(17-18-20)10-11-22-14-4-2-1-3-5-14/h1-9H,10-11,16H2. The summed E-state index contributed by atoms with van der Waals surface area (Å²) < 4.78 is 2.64. The molecule has 0 spiro atoms. The number of rotatable bonds is 5. The quantitative estimate of drug-likeness (QED) is 0.574. The summed E-state index contributed by atoms with van der Waals surface area (Å²) in [5.41, 5.74) is 6.68. The Balaban J connectivity index is 1.68. The number of hydrogen-bond donors (Lipinski definition) is 1. The first-order chi connectivity index (χ1) is 10.7. The molecule has 22 heavy (non-hydrogen) atoms. The lowest BCUT2D eigenvalue weighted by atomic mass is 10.3. The van der Waals surface area contributed by atoms with Crippen molar-refractivity contribution < 1.29 is 0 Å². The SMILES string of the molecule is Nc1ccc(-n2nnn(CCSc3ccccc3)c2=O)cc1. The Morgan fingerprint density at radius 1 is 1.00 bits per heavy atom. The average molecular weight is 313 g/mol. The van der Waals surface area contributed by atoms with Gasteiger partial charge in [0.05, 0.1) is 12.2 Å². The number of benzene rings is 2. The van der Waals surface area contributed by atoms with Crippen LogP contribution in [0.4, 0.5) is 5.69 Å². The van der Waals surface area contributed by atoms with E-state index in [0.29, 0.717) is 17.9 Å². The van der Waals surface area contributed by atoms with Crippen LogP contribution < -0.4 is 11.4 Å². The first-order valence-corrected chi connectivity index (χ1v) is 7.79. The van der Waals surface area contributed by atoms with Gasteiger partial charge in [0.2, 0.25) is 0 Å². The van der Waals surface area contributed by atoms with Crippen molar-refractivity contribution in [3.05, 3.63) is 65.1 Å². The van der Waals surface area contributed by atoms with Gasteiger partial charge in [-0.3, -0.25) is 0 Å². The van der Waals surface area contributed by atoms with Crippen molar-refractivity contribution in [2.45, 2.75) is 11.4 Å². The van der Waals surface area contributed by atoms with Crippen molar-refractivity contribution in [2.24, 2.45) is 0 Å². The van der Waals surface area contributed by atoms with E-state index >= 15 is 0 Å². The molecule has 0 saturated heterocycles. The maximum absolute atomic E-state index is 12.3. The third kappa shape index (κ3) is 3.20. The second-order valence-electron chi connectivity index (χ2n) is 4.65. The first kappa shape index (κ1) is 14.4. The summed E-state index contributed by atoms with van der Waals surface area (Å²) in [6, 6.07) is 17.0. The molecule has 3 aromatic rings. The Labute approximate surface area is 131 Å². The molecule has 6 nitrogen and oxygen atoms in total. The molecule has 0 amide bonds. The molecule has 3 rings (SSSR count). The molecule has 1 aromatic heterocycles. The summed E-state index contributed by atoms with van der Waals surface area (Å²) in [5.74, 6) is 0.754. The largest absolute Gasteiger partial charge is 0.399 e. The molecule has 0 aliphatic rings. The Hall–Kier alpha value is -2.54. The van der Waals surface area contributed by atoms with Gasteiger partial charge in [-0.15, -0.1) is 11.8 Å². The van der Waals surface area contributed by atoms with Gasteiger partial charge >= 0.3 is 5.69 Å². The van der Waals surface area contributed by atoms with Crippen LogP contribution in [0.2, 0.25) is 0 Å². The highest BCUT2D eigenvalue weighted by Gasteiger charge is 2.08. The van der Waals surface area contributed by atoms with Crippen molar-refractivity contribution >= 4 is 17.4 Å². The van der Waals surface area contributed by atoms with E-state index in [2.05, 4.69) is 10.4 Å². The van der Waals surface area contributed by atoms with Crippen LogP contribution >= 0.6 is 11.8 Å². The number of hydrogen-bond acceptors (Lipinski definition) is 5. The Bertz CT molecular complexity index is 795. The number of aryl methyl sites for hydroxylation is 1. The summed E-state index contributed by atoms with van der Waals surface area (Å²) >= 11 is 1.68. The number of nitrogens with two attached hydrogens (primary N) is 1. The van der Waals surface area contributed by atoms with E-state index in [0.717, 1.165) is 5.75 Å². The lowest BCUT2D eigenvalue weighted by Crippen LogP contribution is -2.25. The average Bonchev–Trinajstić information content (AvgIpc) is 2.90. The molecule has 0 saturated carbocycles. The van der Waals surface area contributed by atoms with Crippen LogP contribution in [0.15, 0.2) is 64.3 Å². The summed E-state index contributed by atoms with van der Waals surface area (Å²) in [6.07, 6.45) is 0. The van der Waals surface area contributed by atoms with E-state index in [1.807, 2.05) is 30.3 Å². The van der Waals surface area contributed by atoms with Gasteiger partial charge in [0.15, 0.2) is 0 Å². The summed E-state index contributed by atoms with van der Waals surface area (Å²) in [4.78, 5) is 13.4. The fraction of sp³-hybridized carbons (Fsp3) is 0.133. The second kappa shape index (κ2) is 6.48. The number of aromatic nitrogens is 4. The molecular weight excluding hydrogens is 298 g/mol. The van der Waals surface area contributed by atoms with Crippen LogP contribution in [0, 0.1) is 0 Å². The molecule has 2 N–H and O–H groups in total. The predicted octanol–water partition coefficient (Wildman–Crippen LogP) is 1.80. The zero-order valence-electron chi connectivity index (χ0n) is 11.8. The molecular formula is C15H15N5OS. The van der Waals surface area contributed by atoms with Crippen LogP contribution in [0.3, 0.4) is 0 Å². The van der Waals surface area contributed by atoms with Gasteiger partial charge in [-0.25, -0.2) is 4.79 Å². The Morgan fingerprint density at radius 2 is 1.73 bits per heavy atom. The third-order valence-electron chi connectivity index (χ3n) is 3.09. The van der Waals surface area contributed by atoms with Gasteiger partial charge < -0.3 is 5.73 Å². The molecule has 0 radical (unpaired) electrons. The van der Waals surface area contributed by atoms with Crippen molar-refractivity contribution in [3.63, 3.8) is 0 Å². The van der Waals surface area contributed by atoms with Crippen molar-refractivity contribution in [3.8, 4) is 5.69 Å². The second-order valence-corrected chi connectivity index (χ2v) is 5.82. The zero-order chi connectivity index (χ0) is 15.4. The summed E-state index contributed by atoms with van der Waals surface area (Å²) in [7, 11) is 0. The van der Waals surface area contributed by atoms with Crippen LogP contribution in [0.5, 0.6) is 0 Å². The smallest absolute Gasteiger partial charge is 0.368 e. The molecule has 0 bridgehead atoms. The van der Waals surface area contributed by atoms with Crippen LogP contribution in [-0.4, -0.2) is 25.5 Å². The van der Waals surface area contributed by atoms with E-state index < -0.39 is 0 Å². The topological polar surface area (TPSA) is 78.7 Å². The monoisotopic (exact) mass is 313 g/mol. The molecule has 7 heteroatoms. The van der Waals surface area contributed by atoms with Gasteiger partial charge in [0, 0.05) is 16.3 Å². The number of tetrazole rings is 1.